The van der Waals surface area contributed by atoms with Crippen LogP contribution in [0.5, 0.6) is 0 Å². The van der Waals surface area contributed by atoms with Crippen LogP contribution in [0, 0.1) is 25.2 Å². The molecule has 0 unspecified atom stereocenters. The van der Waals surface area contributed by atoms with Crippen LogP contribution in [0.25, 0.3) is 11.1 Å². The molecule has 10 heteroatoms. The zero-order chi connectivity index (χ0) is 29.2. The summed E-state index contributed by atoms with van der Waals surface area (Å²) < 4.78 is 34.7. The highest BCUT2D eigenvalue weighted by molar-refractivity contribution is 7.92. The second-order valence-electron chi connectivity index (χ2n) is 10.9. The van der Waals surface area contributed by atoms with E-state index in [1.54, 1.807) is 32.0 Å². The quantitative estimate of drug-likeness (QED) is 0.313. The molecular weight excluding hydrogens is 538 g/mol. The number of sulfonamides is 1. The SMILES string of the molecule is CCCCC1=NC2(CCCC2)C(=O)N1Cc1ccc(-c2ccccc2S(=O)(=O)Nc2onc(C)c2C)c(CC#N)c1. The van der Waals surface area contributed by atoms with E-state index in [0.29, 0.717) is 34.5 Å². The van der Waals surface area contributed by atoms with Gasteiger partial charge in [-0.15, -0.1) is 0 Å². The van der Waals surface area contributed by atoms with Crippen LogP contribution in [0.1, 0.15) is 74.3 Å². The maximum Gasteiger partial charge on any atom is 0.264 e. The van der Waals surface area contributed by atoms with Gasteiger partial charge in [0.15, 0.2) is 0 Å². The summed E-state index contributed by atoms with van der Waals surface area (Å²) >= 11 is 0. The normalized spacial score (nSPS) is 16.3. The molecule has 1 amide bonds. The van der Waals surface area contributed by atoms with Crippen molar-refractivity contribution in [3.8, 4) is 17.2 Å². The number of carbonyl (C=O) groups excluding carboxylic acids is 1. The van der Waals surface area contributed by atoms with Crippen molar-refractivity contribution in [2.75, 3.05) is 4.72 Å². The van der Waals surface area contributed by atoms with E-state index in [1.165, 1.54) is 6.07 Å². The van der Waals surface area contributed by atoms with Gasteiger partial charge in [-0.1, -0.05) is 67.7 Å². The Morgan fingerprint density at radius 2 is 1.88 bits per heavy atom. The molecule has 1 saturated carbocycles. The standard InChI is InChI=1S/C31H35N5O4S/c1-4-5-12-28-33-31(16-8-9-17-31)30(37)36(28)20-23-13-14-25(24(19-23)15-18-32)26-10-6-7-11-27(26)41(38,39)35-29-21(2)22(3)34-40-29/h6-7,10-11,13-14,19,35H,4-5,8-9,12,15-17,20H2,1-3H3. The first-order valence-corrected chi connectivity index (χ1v) is 15.6. The molecule has 9 nitrogen and oxygen atoms in total. The number of amides is 1. The molecule has 1 aromatic heterocycles. The smallest absolute Gasteiger partial charge is 0.264 e. The minimum atomic E-state index is -4.03. The molecule has 1 fully saturated rings. The Balaban J connectivity index is 1.48. The lowest BCUT2D eigenvalue weighted by Gasteiger charge is -2.23. The van der Waals surface area contributed by atoms with Crippen LogP contribution in [0.2, 0.25) is 0 Å². The number of nitriles is 1. The third-order valence-electron chi connectivity index (χ3n) is 8.11. The summed E-state index contributed by atoms with van der Waals surface area (Å²) in [5, 5.41) is 13.5. The first-order chi connectivity index (χ1) is 19.7. The van der Waals surface area contributed by atoms with Crippen LogP contribution in [0.15, 0.2) is 56.9 Å². The van der Waals surface area contributed by atoms with Crippen molar-refractivity contribution < 1.29 is 17.7 Å². The van der Waals surface area contributed by atoms with E-state index >= 15 is 0 Å². The van der Waals surface area contributed by atoms with E-state index in [-0.39, 0.29) is 23.1 Å². The van der Waals surface area contributed by atoms with Gasteiger partial charge in [-0.05, 0) is 55.9 Å². The Hall–Kier alpha value is -3.97. The van der Waals surface area contributed by atoms with Crippen molar-refractivity contribution in [3.63, 3.8) is 0 Å². The molecular formula is C31H35N5O4S. The molecule has 2 heterocycles. The summed E-state index contributed by atoms with van der Waals surface area (Å²) in [5.41, 5.74) is 3.27. The number of amidine groups is 1. The summed E-state index contributed by atoms with van der Waals surface area (Å²) in [6.07, 6.45) is 6.43. The first-order valence-electron chi connectivity index (χ1n) is 14.1. The number of unbranched alkanes of at least 4 members (excludes halogenated alkanes) is 1. The fraction of sp³-hybridized carbons (Fsp3) is 0.419. The van der Waals surface area contributed by atoms with Crippen molar-refractivity contribution in [1.82, 2.24) is 10.1 Å². The van der Waals surface area contributed by atoms with E-state index in [1.807, 2.05) is 23.1 Å². The van der Waals surface area contributed by atoms with Gasteiger partial charge >= 0.3 is 0 Å². The topological polar surface area (TPSA) is 129 Å². The van der Waals surface area contributed by atoms with Crippen molar-refractivity contribution >= 4 is 27.7 Å². The monoisotopic (exact) mass is 573 g/mol. The predicted octanol–water partition coefficient (Wildman–Crippen LogP) is 6.07. The number of benzene rings is 2. The highest BCUT2D eigenvalue weighted by atomic mass is 32.2. The second-order valence-corrected chi connectivity index (χ2v) is 12.6. The molecule has 1 aliphatic heterocycles. The lowest BCUT2D eigenvalue weighted by atomic mass is 9.95. The summed E-state index contributed by atoms with van der Waals surface area (Å²) in [5.74, 6) is 0.998. The molecule has 0 radical (unpaired) electrons. The molecule has 3 aromatic rings. The molecule has 1 N–H and O–H groups in total. The Labute approximate surface area is 241 Å². The van der Waals surface area contributed by atoms with E-state index < -0.39 is 15.6 Å². The van der Waals surface area contributed by atoms with Gasteiger partial charge < -0.3 is 4.52 Å². The average molecular weight is 574 g/mol. The number of aromatic nitrogens is 1. The zero-order valence-electron chi connectivity index (χ0n) is 23.7. The van der Waals surface area contributed by atoms with Gasteiger partial charge in [-0.2, -0.15) is 5.26 Å². The molecule has 1 aliphatic carbocycles. The van der Waals surface area contributed by atoms with Gasteiger partial charge in [0.05, 0.1) is 29.6 Å². The van der Waals surface area contributed by atoms with Crippen molar-refractivity contribution in [2.45, 2.75) is 89.1 Å². The molecule has 0 atom stereocenters. The minimum absolute atomic E-state index is 0.0623. The number of aryl methyl sites for hydroxylation is 1. The number of nitrogens with zero attached hydrogens (tertiary/aromatic N) is 4. The zero-order valence-corrected chi connectivity index (χ0v) is 24.6. The molecule has 0 bridgehead atoms. The number of rotatable bonds is 10. The Bertz CT molecular complexity index is 1640. The van der Waals surface area contributed by atoms with Crippen LogP contribution >= 0.6 is 0 Å². The van der Waals surface area contributed by atoms with Gasteiger partial charge in [-0.3, -0.25) is 14.7 Å². The van der Waals surface area contributed by atoms with Crippen LogP contribution in [-0.4, -0.2) is 35.8 Å². The van der Waals surface area contributed by atoms with Crippen LogP contribution in [0.3, 0.4) is 0 Å². The number of hydrogen-bond donors (Lipinski definition) is 1. The van der Waals surface area contributed by atoms with Crippen molar-refractivity contribution in [2.24, 2.45) is 4.99 Å². The third kappa shape index (κ3) is 5.51. The molecule has 41 heavy (non-hydrogen) atoms. The van der Waals surface area contributed by atoms with Crippen LogP contribution < -0.4 is 4.72 Å². The van der Waals surface area contributed by atoms with Crippen LogP contribution in [0.4, 0.5) is 5.88 Å². The minimum Gasteiger partial charge on any atom is -0.337 e. The molecule has 2 aromatic carbocycles. The van der Waals surface area contributed by atoms with Crippen molar-refractivity contribution in [3.05, 3.63) is 64.8 Å². The molecule has 1 spiro atoms. The summed E-state index contributed by atoms with van der Waals surface area (Å²) in [6, 6.07) is 14.5. The van der Waals surface area contributed by atoms with Gasteiger partial charge in [0, 0.05) is 17.5 Å². The highest BCUT2D eigenvalue weighted by Crippen LogP contribution is 2.40. The van der Waals surface area contributed by atoms with Crippen LogP contribution in [-0.2, 0) is 27.8 Å². The largest absolute Gasteiger partial charge is 0.337 e. The lowest BCUT2D eigenvalue weighted by molar-refractivity contribution is -0.131. The third-order valence-corrected chi connectivity index (χ3v) is 9.50. The lowest BCUT2D eigenvalue weighted by Crippen LogP contribution is -2.40. The maximum absolute atomic E-state index is 13.6. The Morgan fingerprint density at radius 3 is 2.56 bits per heavy atom. The fourth-order valence-corrected chi connectivity index (χ4v) is 7.00. The van der Waals surface area contributed by atoms with Gasteiger partial charge in [-0.25, -0.2) is 13.1 Å². The number of nitrogens with one attached hydrogen (secondary N) is 1. The molecule has 214 valence electrons. The van der Waals surface area contributed by atoms with Gasteiger partial charge in [0.2, 0.25) is 5.88 Å². The average Bonchev–Trinajstić information content (AvgIpc) is 3.63. The summed E-state index contributed by atoms with van der Waals surface area (Å²) in [6.45, 7) is 5.97. The number of carbonyl (C=O) groups is 1. The summed E-state index contributed by atoms with van der Waals surface area (Å²) in [7, 11) is -4.03. The predicted molar refractivity (Wildman–Crippen MR) is 157 cm³/mol. The molecule has 0 saturated heterocycles. The van der Waals surface area contributed by atoms with E-state index in [0.717, 1.165) is 56.3 Å². The molecule has 2 aliphatic rings. The second kappa shape index (κ2) is 11.5. The van der Waals surface area contributed by atoms with Gasteiger partial charge in [0.1, 0.15) is 11.4 Å². The van der Waals surface area contributed by atoms with E-state index in [2.05, 4.69) is 22.9 Å². The number of hydrogen-bond acceptors (Lipinski definition) is 7. The summed E-state index contributed by atoms with van der Waals surface area (Å²) in [4.78, 5) is 20.5. The maximum atomic E-state index is 13.6. The Kier molecular flexibility index (Phi) is 8.00. The number of anilines is 1. The van der Waals surface area contributed by atoms with Crippen molar-refractivity contribution in [1.29, 1.82) is 5.26 Å². The highest BCUT2D eigenvalue weighted by Gasteiger charge is 2.49. The fourth-order valence-electron chi connectivity index (χ4n) is 5.73. The van der Waals surface area contributed by atoms with E-state index in [4.69, 9.17) is 9.52 Å². The first kappa shape index (κ1) is 28.6. The Morgan fingerprint density at radius 1 is 1.12 bits per heavy atom. The van der Waals surface area contributed by atoms with E-state index in [9.17, 15) is 18.5 Å². The number of aliphatic imine (C=N–C) groups is 1. The van der Waals surface area contributed by atoms with Gasteiger partial charge in [0.25, 0.3) is 15.9 Å². The molecule has 5 rings (SSSR count).